The van der Waals surface area contributed by atoms with Gasteiger partial charge in [-0.2, -0.15) is 0 Å². The third kappa shape index (κ3) is 4.62. The Morgan fingerprint density at radius 1 is 1.23 bits per heavy atom. The first-order chi connectivity index (χ1) is 15.1. The molecule has 2 aromatic heterocycles. The Balaban J connectivity index is 0.000000730. The zero-order chi connectivity index (χ0) is 21.8. The number of nitrogens with zero attached hydrogens (tertiary/aromatic N) is 4. The molecular weight excluding hydrogens is 398 g/mol. The summed E-state index contributed by atoms with van der Waals surface area (Å²) in [4.78, 5) is 33.1. The van der Waals surface area contributed by atoms with Crippen LogP contribution in [0.1, 0.15) is 28.3 Å². The monoisotopic (exact) mass is 425 g/mol. The van der Waals surface area contributed by atoms with E-state index in [2.05, 4.69) is 43.7 Å². The molecule has 2 aliphatic heterocycles. The van der Waals surface area contributed by atoms with Crippen molar-refractivity contribution in [2.24, 2.45) is 0 Å². The van der Waals surface area contributed by atoms with Crippen molar-refractivity contribution in [2.45, 2.75) is 32.0 Å². The molecule has 31 heavy (non-hydrogen) atoms. The number of amides is 1. The van der Waals surface area contributed by atoms with E-state index in [9.17, 15) is 9.90 Å². The molecule has 1 atom stereocenters. The van der Waals surface area contributed by atoms with E-state index in [0.29, 0.717) is 25.2 Å². The molecule has 0 aliphatic carbocycles. The van der Waals surface area contributed by atoms with E-state index in [-0.39, 0.29) is 12.4 Å². The van der Waals surface area contributed by atoms with E-state index in [4.69, 9.17) is 9.90 Å². The molecule has 1 fully saturated rings. The standard InChI is InChI=1S/C21H25N5O2.CH2O2/c27-17-5-9-26(13-17)21(28)18-14-25-11-10-24(8-6-19(25)23-18)12-16-3-1-2-15-4-7-22-20(15)16;2-1-3/h1-4,7,14,17,22,27H,5-6,8-13H2;1H,(H,2,3). The van der Waals surface area contributed by atoms with Crippen LogP contribution in [0.3, 0.4) is 0 Å². The second-order valence-electron chi connectivity index (χ2n) is 7.92. The number of likely N-dealkylation sites (tertiary alicyclic amines) is 1. The molecule has 164 valence electrons. The molecule has 2 aliphatic rings. The predicted octanol–water partition coefficient (Wildman–Crippen LogP) is 1.33. The van der Waals surface area contributed by atoms with Gasteiger partial charge in [0.15, 0.2) is 0 Å². The molecule has 0 bridgehead atoms. The van der Waals surface area contributed by atoms with Gasteiger partial charge >= 0.3 is 0 Å². The molecule has 1 unspecified atom stereocenters. The number of carbonyl (C=O) groups is 2. The fraction of sp³-hybridized carbons (Fsp3) is 0.409. The van der Waals surface area contributed by atoms with Crippen molar-refractivity contribution in [3.8, 4) is 0 Å². The van der Waals surface area contributed by atoms with Crippen molar-refractivity contribution in [3.05, 3.63) is 53.7 Å². The molecule has 0 spiro atoms. The van der Waals surface area contributed by atoms with Crippen molar-refractivity contribution in [1.29, 1.82) is 0 Å². The molecule has 0 radical (unpaired) electrons. The average molecular weight is 425 g/mol. The van der Waals surface area contributed by atoms with Crippen LogP contribution in [0.2, 0.25) is 0 Å². The molecule has 4 heterocycles. The van der Waals surface area contributed by atoms with Crippen molar-refractivity contribution in [2.75, 3.05) is 26.2 Å². The summed E-state index contributed by atoms with van der Waals surface area (Å²) in [6.07, 6.45) is 4.96. The fourth-order valence-electron chi connectivity index (χ4n) is 4.34. The maximum atomic E-state index is 12.6. The molecular formula is C22H27N5O4. The van der Waals surface area contributed by atoms with Gasteiger partial charge in [0.2, 0.25) is 0 Å². The quantitative estimate of drug-likeness (QED) is 0.546. The van der Waals surface area contributed by atoms with Gasteiger partial charge in [-0.1, -0.05) is 18.2 Å². The van der Waals surface area contributed by atoms with Gasteiger partial charge in [-0.15, -0.1) is 0 Å². The number of aliphatic hydroxyl groups is 1. The summed E-state index contributed by atoms with van der Waals surface area (Å²) >= 11 is 0. The lowest BCUT2D eigenvalue weighted by Gasteiger charge is -2.20. The summed E-state index contributed by atoms with van der Waals surface area (Å²) in [5, 5.41) is 17.8. The van der Waals surface area contributed by atoms with Gasteiger partial charge < -0.3 is 24.7 Å². The highest BCUT2D eigenvalue weighted by molar-refractivity contribution is 5.92. The summed E-state index contributed by atoms with van der Waals surface area (Å²) in [7, 11) is 0. The zero-order valence-corrected chi connectivity index (χ0v) is 17.3. The molecule has 3 N–H and O–H groups in total. The molecule has 1 amide bonds. The SMILES string of the molecule is O=C(c1cn2c(n1)CCN(Cc1cccc3cc[nH]c13)CC2)N1CCC(O)C1.O=CO. The van der Waals surface area contributed by atoms with Gasteiger partial charge in [0.1, 0.15) is 11.5 Å². The highest BCUT2D eigenvalue weighted by atomic mass is 16.3. The minimum atomic E-state index is -0.401. The number of aliphatic hydroxyl groups excluding tert-OH is 1. The molecule has 9 nitrogen and oxygen atoms in total. The Morgan fingerprint density at radius 3 is 2.84 bits per heavy atom. The van der Waals surface area contributed by atoms with E-state index >= 15 is 0 Å². The van der Waals surface area contributed by atoms with Crippen LogP contribution in [0.15, 0.2) is 36.7 Å². The number of hydrogen-bond donors (Lipinski definition) is 3. The van der Waals surface area contributed by atoms with Crippen LogP contribution < -0.4 is 0 Å². The highest BCUT2D eigenvalue weighted by Crippen LogP contribution is 2.20. The summed E-state index contributed by atoms with van der Waals surface area (Å²) in [6.45, 7) is 4.36. The lowest BCUT2D eigenvalue weighted by atomic mass is 10.1. The Bertz CT molecular complexity index is 1030. The second-order valence-corrected chi connectivity index (χ2v) is 7.92. The van der Waals surface area contributed by atoms with Crippen LogP contribution in [0.4, 0.5) is 0 Å². The highest BCUT2D eigenvalue weighted by Gasteiger charge is 2.28. The number of imidazole rings is 1. The number of carboxylic acid groups (broad SMARTS) is 1. The van der Waals surface area contributed by atoms with Crippen molar-refractivity contribution in [3.63, 3.8) is 0 Å². The number of hydrogen-bond acceptors (Lipinski definition) is 5. The van der Waals surface area contributed by atoms with Gasteiger partial charge in [0, 0.05) is 63.6 Å². The van der Waals surface area contributed by atoms with Gasteiger partial charge in [-0.3, -0.25) is 14.5 Å². The second kappa shape index (κ2) is 9.32. The molecule has 1 saturated heterocycles. The molecule has 0 saturated carbocycles. The number of H-pyrrole nitrogens is 1. The lowest BCUT2D eigenvalue weighted by Crippen LogP contribution is -2.30. The average Bonchev–Trinajstić information content (AvgIpc) is 3.48. The molecule has 5 rings (SSSR count). The van der Waals surface area contributed by atoms with E-state index in [1.54, 1.807) is 4.90 Å². The maximum Gasteiger partial charge on any atom is 0.290 e. The normalized spacial score (nSPS) is 18.9. The minimum Gasteiger partial charge on any atom is -0.483 e. The van der Waals surface area contributed by atoms with E-state index in [0.717, 1.165) is 38.4 Å². The number of carbonyl (C=O) groups excluding carboxylic acids is 1. The Morgan fingerprint density at radius 2 is 2.06 bits per heavy atom. The first kappa shape index (κ1) is 21.1. The Labute approximate surface area is 179 Å². The van der Waals surface area contributed by atoms with Crippen LogP contribution in [-0.2, 0) is 24.3 Å². The number of aromatic nitrogens is 3. The topological polar surface area (TPSA) is 115 Å². The summed E-state index contributed by atoms with van der Waals surface area (Å²) in [5.41, 5.74) is 3.03. The molecule has 1 aromatic carbocycles. The third-order valence-corrected chi connectivity index (χ3v) is 5.91. The van der Waals surface area contributed by atoms with Crippen LogP contribution in [-0.4, -0.2) is 79.2 Å². The number of para-hydroxylation sites is 1. The Hall–Kier alpha value is -3.17. The number of nitrogens with one attached hydrogen (secondary N) is 1. The summed E-state index contributed by atoms with van der Waals surface area (Å²) in [6, 6.07) is 8.53. The van der Waals surface area contributed by atoms with Gasteiger partial charge in [-0.25, -0.2) is 4.98 Å². The van der Waals surface area contributed by atoms with Crippen molar-refractivity contribution < 1.29 is 19.8 Å². The zero-order valence-electron chi connectivity index (χ0n) is 17.3. The lowest BCUT2D eigenvalue weighted by molar-refractivity contribution is -0.122. The summed E-state index contributed by atoms with van der Waals surface area (Å²) < 4.78 is 2.12. The van der Waals surface area contributed by atoms with Crippen LogP contribution in [0, 0.1) is 0 Å². The number of β-amino-alcohol motifs (C(OH)–C–C–N with tert-alkyl or cyclic N) is 1. The van der Waals surface area contributed by atoms with Crippen LogP contribution in [0.25, 0.3) is 10.9 Å². The van der Waals surface area contributed by atoms with Crippen LogP contribution in [0.5, 0.6) is 0 Å². The first-order valence-corrected chi connectivity index (χ1v) is 10.5. The number of aromatic amines is 1. The van der Waals surface area contributed by atoms with Crippen molar-refractivity contribution >= 4 is 23.3 Å². The van der Waals surface area contributed by atoms with E-state index in [1.807, 2.05) is 12.4 Å². The largest absolute Gasteiger partial charge is 0.483 e. The maximum absolute atomic E-state index is 12.6. The van der Waals surface area contributed by atoms with Crippen LogP contribution >= 0.6 is 0 Å². The van der Waals surface area contributed by atoms with E-state index < -0.39 is 6.10 Å². The molecule has 3 aromatic rings. The third-order valence-electron chi connectivity index (χ3n) is 5.91. The Kier molecular flexibility index (Phi) is 6.34. The first-order valence-electron chi connectivity index (χ1n) is 10.5. The van der Waals surface area contributed by atoms with Gasteiger partial charge in [0.05, 0.1) is 6.10 Å². The number of fused-ring (bicyclic) bond motifs is 2. The van der Waals surface area contributed by atoms with Crippen molar-refractivity contribution in [1.82, 2.24) is 24.3 Å². The smallest absolute Gasteiger partial charge is 0.290 e. The number of benzene rings is 1. The molecule has 9 heteroatoms. The van der Waals surface area contributed by atoms with Gasteiger partial charge in [0.25, 0.3) is 12.4 Å². The van der Waals surface area contributed by atoms with E-state index in [1.165, 1.54) is 16.5 Å². The summed E-state index contributed by atoms with van der Waals surface area (Å²) in [5.74, 6) is 0.913. The van der Waals surface area contributed by atoms with Gasteiger partial charge in [-0.05, 0) is 23.4 Å². The fourth-order valence-corrected chi connectivity index (χ4v) is 4.34. The minimum absolute atomic E-state index is 0.0626. The predicted molar refractivity (Wildman–Crippen MR) is 115 cm³/mol. The number of rotatable bonds is 3.